The SMILES string of the molecule is C=CC(NN)c1ccc(OC)c(Br)c1. The van der Waals surface area contributed by atoms with E-state index in [1.807, 2.05) is 18.2 Å². The third-order valence-electron chi connectivity index (χ3n) is 1.95. The minimum Gasteiger partial charge on any atom is -0.496 e. The molecule has 1 atom stereocenters. The van der Waals surface area contributed by atoms with E-state index < -0.39 is 0 Å². The van der Waals surface area contributed by atoms with Crippen molar-refractivity contribution in [3.63, 3.8) is 0 Å². The summed E-state index contributed by atoms with van der Waals surface area (Å²) in [6, 6.07) is 5.73. The smallest absolute Gasteiger partial charge is 0.133 e. The highest BCUT2D eigenvalue weighted by molar-refractivity contribution is 9.10. The van der Waals surface area contributed by atoms with Gasteiger partial charge < -0.3 is 4.74 Å². The number of hydrogen-bond acceptors (Lipinski definition) is 3. The van der Waals surface area contributed by atoms with Gasteiger partial charge in [0.2, 0.25) is 0 Å². The van der Waals surface area contributed by atoms with Crippen LogP contribution in [0.1, 0.15) is 11.6 Å². The molecule has 0 spiro atoms. The fourth-order valence-electron chi connectivity index (χ4n) is 1.18. The van der Waals surface area contributed by atoms with Gasteiger partial charge in [0.1, 0.15) is 5.75 Å². The van der Waals surface area contributed by atoms with Gasteiger partial charge in [0, 0.05) is 0 Å². The van der Waals surface area contributed by atoms with E-state index in [9.17, 15) is 0 Å². The van der Waals surface area contributed by atoms with Crippen LogP contribution in [-0.2, 0) is 0 Å². The second-order valence-electron chi connectivity index (χ2n) is 2.77. The molecule has 1 aromatic rings. The van der Waals surface area contributed by atoms with Crippen LogP contribution < -0.4 is 16.0 Å². The largest absolute Gasteiger partial charge is 0.496 e. The Morgan fingerprint density at radius 3 is 2.79 bits per heavy atom. The number of rotatable bonds is 4. The second kappa shape index (κ2) is 5.14. The molecule has 0 aliphatic heterocycles. The van der Waals surface area contributed by atoms with Crippen LogP contribution >= 0.6 is 15.9 Å². The number of nitrogens with two attached hydrogens (primary N) is 1. The van der Waals surface area contributed by atoms with Crippen molar-refractivity contribution in [2.75, 3.05) is 7.11 Å². The van der Waals surface area contributed by atoms with Crippen LogP contribution in [0.2, 0.25) is 0 Å². The minimum absolute atomic E-state index is 0.0443. The van der Waals surface area contributed by atoms with Crippen molar-refractivity contribution in [1.82, 2.24) is 5.43 Å². The van der Waals surface area contributed by atoms with Gasteiger partial charge in [0.05, 0.1) is 17.6 Å². The van der Waals surface area contributed by atoms with Gasteiger partial charge in [-0.05, 0) is 33.6 Å². The quantitative estimate of drug-likeness (QED) is 0.493. The van der Waals surface area contributed by atoms with Crippen LogP contribution in [0.25, 0.3) is 0 Å². The zero-order valence-corrected chi connectivity index (χ0v) is 9.54. The van der Waals surface area contributed by atoms with E-state index in [4.69, 9.17) is 10.6 Å². The van der Waals surface area contributed by atoms with Crippen LogP contribution in [0, 0.1) is 0 Å². The van der Waals surface area contributed by atoms with Crippen molar-refractivity contribution < 1.29 is 4.74 Å². The summed E-state index contributed by atoms with van der Waals surface area (Å²) in [5.74, 6) is 6.17. The first kappa shape index (κ1) is 11.2. The molecular weight excluding hydrogens is 244 g/mol. The Morgan fingerprint density at radius 1 is 1.64 bits per heavy atom. The molecule has 0 saturated carbocycles. The first-order valence-electron chi connectivity index (χ1n) is 4.15. The molecule has 3 N–H and O–H groups in total. The van der Waals surface area contributed by atoms with Gasteiger partial charge in [-0.2, -0.15) is 0 Å². The van der Waals surface area contributed by atoms with Crippen molar-refractivity contribution in [3.05, 3.63) is 40.9 Å². The Balaban J connectivity index is 3.01. The van der Waals surface area contributed by atoms with E-state index in [2.05, 4.69) is 27.9 Å². The number of halogens is 1. The third kappa shape index (κ3) is 2.35. The van der Waals surface area contributed by atoms with E-state index in [0.29, 0.717) is 0 Å². The summed E-state index contributed by atoms with van der Waals surface area (Å²) in [5.41, 5.74) is 3.69. The standard InChI is InChI=1S/C10H13BrN2O/c1-3-9(13-12)7-4-5-10(14-2)8(11)6-7/h3-6,9,13H,1,12H2,2H3. The topological polar surface area (TPSA) is 47.3 Å². The maximum atomic E-state index is 5.37. The van der Waals surface area contributed by atoms with E-state index in [-0.39, 0.29) is 6.04 Å². The lowest BCUT2D eigenvalue weighted by molar-refractivity contribution is 0.412. The summed E-state index contributed by atoms with van der Waals surface area (Å²) < 4.78 is 6.03. The monoisotopic (exact) mass is 256 g/mol. The van der Waals surface area contributed by atoms with Gasteiger partial charge in [-0.3, -0.25) is 5.84 Å². The summed E-state index contributed by atoms with van der Waals surface area (Å²) in [5, 5.41) is 0. The molecule has 0 aliphatic carbocycles. The molecule has 1 rings (SSSR count). The lowest BCUT2D eigenvalue weighted by Gasteiger charge is -2.12. The van der Waals surface area contributed by atoms with E-state index in [0.717, 1.165) is 15.8 Å². The number of methoxy groups -OCH3 is 1. The van der Waals surface area contributed by atoms with E-state index >= 15 is 0 Å². The molecule has 0 aromatic heterocycles. The molecule has 0 bridgehead atoms. The zero-order chi connectivity index (χ0) is 10.6. The summed E-state index contributed by atoms with van der Waals surface area (Å²) in [4.78, 5) is 0. The third-order valence-corrected chi connectivity index (χ3v) is 2.57. The second-order valence-corrected chi connectivity index (χ2v) is 3.63. The van der Waals surface area contributed by atoms with Crippen LogP contribution in [0.15, 0.2) is 35.3 Å². The van der Waals surface area contributed by atoms with Gasteiger partial charge in [0.15, 0.2) is 0 Å². The van der Waals surface area contributed by atoms with Gasteiger partial charge in [-0.1, -0.05) is 12.1 Å². The highest BCUT2D eigenvalue weighted by Crippen LogP contribution is 2.27. The molecule has 1 aromatic carbocycles. The number of benzene rings is 1. The molecular formula is C10H13BrN2O. The fraction of sp³-hybridized carbons (Fsp3) is 0.200. The maximum Gasteiger partial charge on any atom is 0.133 e. The van der Waals surface area contributed by atoms with Crippen LogP contribution in [-0.4, -0.2) is 7.11 Å². The molecule has 3 nitrogen and oxygen atoms in total. The van der Waals surface area contributed by atoms with Crippen molar-refractivity contribution >= 4 is 15.9 Å². The normalized spacial score (nSPS) is 12.2. The van der Waals surface area contributed by atoms with Crippen LogP contribution in [0.3, 0.4) is 0 Å². The Kier molecular flexibility index (Phi) is 4.13. The van der Waals surface area contributed by atoms with E-state index in [1.54, 1.807) is 13.2 Å². The van der Waals surface area contributed by atoms with Crippen molar-refractivity contribution in [1.29, 1.82) is 0 Å². The highest BCUT2D eigenvalue weighted by atomic mass is 79.9. The Bertz CT molecular complexity index is 328. The number of nitrogens with one attached hydrogen (secondary N) is 1. The zero-order valence-electron chi connectivity index (χ0n) is 7.96. The Hall–Kier alpha value is -0.840. The Labute approximate surface area is 92.0 Å². The number of ether oxygens (including phenoxy) is 1. The maximum absolute atomic E-state index is 5.37. The first-order chi connectivity index (χ1) is 6.72. The average Bonchev–Trinajstić information content (AvgIpc) is 2.20. The molecule has 0 saturated heterocycles. The summed E-state index contributed by atoms with van der Waals surface area (Å²) in [6.45, 7) is 3.69. The van der Waals surface area contributed by atoms with Crippen LogP contribution in [0.4, 0.5) is 0 Å². The van der Waals surface area contributed by atoms with Gasteiger partial charge >= 0.3 is 0 Å². The van der Waals surface area contributed by atoms with Gasteiger partial charge in [0.25, 0.3) is 0 Å². The predicted molar refractivity (Wildman–Crippen MR) is 61.0 cm³/mol. The molecule has 14 heavy (non-hydrogen) atoms. The highest BCUT2D eigenvalue weighted by Gasteiger charge is 2.07. The number of hydrazine groups is 1. The molecule has 1 unspecified atom stereocenters. The van der Waals surface area contributed by atoms with Crippen molar-refractivity contribution in [3.8, 4) is 5.75 Å². The minimum atomic E-state index is -0.0443. The molecule has 0 fully saturated rings. The molecule has 0 radical (unpaired) electrons. The number of hydrogen-bond donors (Lipinski definition) is 2. The Morgan fingerprint density at radius 2 is 2.36 bits per heavy atom. The van der Waals surface area contributed by atoms with Gasteiger partial charge in [-0.25, -0.2) is 5.43 Å². The lowest BCUT2D eigenvalue weighted by Crippen LogP contribution is -2.26. The summed E-state index contributed by atoms with van der Waals surface area (Å²) in [7, 11) is 1.63. The molecule has 76 valence electrons. The first-order valence-corrected chi connectivity index (χ1v) is 4.94. The molecule has 0 heterocycles. The van der Waals surface area contributed by atoms with Crippen molar-refractivity contribution in [2.45, 2.75) is 6.04 Å². The van der Waals surface area contributed by atoms with Crippen LogP contribution in [0.5, 0.6) is 5.75 Å². The van der Waals surface area contributed by atoms with Crippen molar-refractivity contribution in [2.24, 2.45) is 5.84 Å². The summed E-state index contributed by atoms with van der Waals surface area (Å²) in [6.07, 6.45) is 1.74. The molecule has 4 heteroatoms. The lowest BCUT2D eigenvalue weighted by atomic mass is 10.1. The average molecular weight is 257 g/mol. The summed E-state index contributed by atoms with van der Waals surface area (Å²) >= 11 is 3.41. The fourth-order valence-corrected chi connectivity index (χ4v) is 1.73. The molecule has 0 aliphatic rings. The van der Waals surface area contributed by atoms with Gasteiger partial charge in [-0.15, -0.1) is 6.58 Å². The predicted octanol–water partition coefficient (Wildman–Crippen LogP) is 2.15. The molecule has 0 amide bonds. The van der Waals surface area contributed by atoms with E-state index in [1.165, 1.54) is 0 Å².